The Bertz CT molecular complexity index is 906. The zero-order valence-corrected chi connectivity index (χ0v) is 15.0. The normalized spacial score (nSPS) is 19.6. The molecule has 1 N–H and O–H groups in total. The molecule has 0 spiro atoms. The second-order valence-corrected chi connectivity index (χ2v) is 6.87. The monoisotopic (exact) mass is 359 g/mol. The molecule has 1 atom stereocenters. The molecule has 1 heterocycles. The Morgan fingerprint density at radius 3 is 2.26 bits per heavy atom. The maximum Gasteiger partial charge on any atom is 0.197 e. The van der Waals surface area contributed by atoms with Gasteiger partial charge in [0.2, 0.25) is 0 Å². The Morgan fingerprint density at radius 2 is 1.63 bits per heavy atom. The van der Waals surface area contributed by atoms with Crippen molar-refractivity contribution in [2.75, 3.05) is 13.2 Å². The van der Waals surface area contributed by atoms with Crippen molar-refractivity contribution in [1.29, 1.82) is 0 Å². The van der Waals surface area contributed by atoms with Crippen molar-refractivity contribution in [2.45, 2.75) is 18.9 Å². The Kier molecular flexibility index (Phi) is 4.73. The van der Waals surface area contributed by atoms with Crippen LogP contribution in [0.15, 0.2) is 72.3 Å². The minimum Gasteiger partial charge on any atom is -0.394 e. The highest BCUT2D eigenvalue weighted by Gasteiger charge is 2.32. The van der Waals surface area contributed by atoms with Crippen molar-refractivity contribution in [3.8, 4) is 0 Å². The van der Waals surface area contributed by atoms with Gasteiger partial charge in [-0.05, 0) is 30.6 Å². The molecule has 1 aliphatic heterocycles. The average molecular weight is 359 g/mol. The number of allylic oxidation sites excluding steroid dienone is 3. The molecule has 4 nitrogen and oxygen atoms in total. The number of hydrogen-bond acceptors (Lipinski definition) is 4. The van der Waals surface area contributed by atoms with E-state index in [0.717, 1.165) is 30.6 Å². The van der Waals surface area contributed by atoms with Gasteiger partial charge in [-0.15, -0.1) is 0 Å². The van der Waals surface area contributed by atoms with Gasteiger partial charge in [0.05, 0.1) is 18.2 Å². The van der Waals surface area contributed by atoms with E-state index in [1.807, 2.05) is 36.4 Å². The van der Waals surface area contributed by atoms with Crippen LogP contribution < -0.4 is 0 Å². The molecule has 0 bridgehead atoms. The minimum atomic E-state index is -0.223. The molecule has 4 heteroatoms. The smallest absolute Gasteiger partial charge is 0.197 e. The van der Waals surface area contributed by atoms with Crippen molar-refractivity contribution < 1.29 is 14.7 Å². The van der Waals surface area contributed by atoms with Gasteiger partial charge in [-0.2, -0.15) is 0 Å². The number of carbonyl (C=O) groups is 2. The van der Waals surface area contributed by atoms with Crippen molar-refractivity contribution in [3.05, 3.63) is 89.0 Å². The topological polar surface area (TPSA) is 57.6 Å². The number of hydrogen-bond donors (Lipinski definition) is 1. The summed E-state index contributed by atoms with van der Waals surface area (Å²) in [5.41, 5.74) is 3.07. The number of aliphatic hydroxyl groups excluding tert-OH is 1. The third-order valence-electron chi connectivity index (χ3n) is 5.28. The molecule has 0 aromatic heterocycles. The number of benzene rings is 2. The summed E-state index contributed by atoms with van der Waals surface area (Å²) in [6.45, 7) is 0.932. The Labute approximate surface area is 158 Å². The molecule has 4 rings (SSSR count). The predicted molar refractivity (Wildman–Crippen MR) is 104 cm³/mol. The van der Waals surface area contributed by atoms with Gasteiger partial charge in [-0.25, -0.2) is 0 Å². The molecule has 2 aliphatic rings. The molecule has 1 fully saturated rings. The van der Waals surface area contributed by atoms with Gasteiger partial charge in [0.15, 0.2) is 11.6 Å². The summed E-state index contributed by atoms with van der Waals surface area (Å²) in [6, 6.07) is 16.9. The molecule has 0 amide bonds. The first kappa shape index (κ1) is 17.4. The van der Waals surface area contributed by atoms with Crippen LogP contribution in [0.5, 0.6) is 0 Å². The van der Waals surface area contributed by atoms with Gasteiger partial charge in [-0.3, -0.25) is 9.59 Å². The van der Waals surface area contributed by atoms with Crippen LogP contribution in [0.1, 0.15) is 39.1 Å². The number of Topliss-reactive ketones (excluding diaryl/α,β-unsaturated/α-hetero) is 2. The summed E-state index contributed by atoms with van der Waals surface area (Å²) in [5.74, 6) is -0.446. The number of rotatable bonds is 4. The molecule has 2 aromatic carbocycles. The lowest BCUT2D eigenvalue weighted by Crippen LogP contribution is -2.30. The van der Waals surface area contributed by atoms with Crippen LogP contribution in [0, 0.1) is 0 Å². The van der Waals surface area contributed by atoms with Crippen LogP contribution in [0.25, 0.3) is 5.70 Å². The lowest BCUT2D eigenvalue weighted by molar-refractivity contribution is 0.0988. The van der Waals surface area contributed by atoms with Crippen LogP contribution in [0.2, 0.25) is 0 Å². The van der Waals surface area contributed by atoms with E-state index < -0.39 is 0 Å². The second-order valence-electron chi connectivity index (χ2n) is 6.87. The molecule has 27 heavy (non-hydrogen) atoms. The van der Waals surface area contributed by atoms with Gasteiger partial charge in [0.25, 0.3) is 0 Å². The molecular weight excluding hydrogens is 338 g/mol. The fourth-order valence-electron chi connectivity index (χ4n) is 3.90. The zero-order valence-electron chi connectivity index (χ0n) is 15.0. The largest absolute Gasteiger partial charge is 0.394 e. The van der Waals surface area contributed by atoms with Crippen LogP contribution in [0.3, 0.4) is 0 Å². The van der Waals surface area contributed by atoms with Gasteiger partial charge >= 0.3 is 0 Å². The fraction of sp³-hybridized carbons (Fsp3) is 0.217. The first-order valence-electron chi connectivity index (χ1n) is 9.24. The van der Waals surface area contributed by atoms with E-state index in [4.69, 9.17) is 0 Å². The minimum absolute atomic E-state index is 0.0574. The maximum absolute atomic E-state index is 12.6. The third kappa shape index (κ3) is 3.13. The number of nitrogens with zero attached hydrogens (tertiary/aromatic N) is 1. The molecule has 1 saturated heterocycles. The van der Waals surface area contributed by atoms with E-state index in [0.29, 0.717) is 11.1 Å². The van der Waals surface area contributed by atoms with E-state index in [1.165, 1.54) is 0 Å². The average Bonchev–Trinajstić information content (AvgIpc) is 3.28. The van der Waals surface area contributed by atoms with E-state index in [9.17, 15) is 14.7 Å². The molecule has 0 saturated carbocycles. The highest BCUT2D eigenvalue weighted by atomic mass is 16.3. The van der Waals surface area contributed by atoms with Crippen molar-refractivity contribution in [1.82, 2.24) is 4.90 Å². The zero-order chi connectivity index (χ0) is 18.8. The lowest BCUT2D eigenvalue weighted by atomic mass is 10.1. The van der Waals surface area contributed by atoms with Crippen molar-refractivity contribution in [3.63, 3.8) is 0 Å². The summed E-state index contributed by atoms with van der Waals surface area (Å²) in [6.07, 6.45) is 5.43. The molecular formula is C23H21NO3. The summed E-state index contributed by atoms with van der Waals surface area (Å²) < 4.78 is 0. The fourth-order valence-corrected chi connectivity index (χ4v) is 3.90. The molecule has 2 aromatic rings. The molecule has 0 radical (unpaired) electrons. The Morgan fingerprint density at radius 1 is 1.00 bits per heavy atom. The van der Waals surface area contributed by atoms with E-state index >= 15 is 0 Å². The van der Waals surface area contributed by atoms with Gasteiger partial charge in [0, 0.05) is 23.4 Å². The van der Waals surface area contributed by atoms with Gasteiger partial charge in [-0.1, -0.05) is 54.6 Å². The number of carbonyl (C=O) groups excluding carboxylic acids is 2. The van der Waals surface area contributed by atoms with Crippen LogP contribution in [-0.2, 0) is 0 Å². The second kappa shape index (κ2) is 7.33. The summed E-state index contributed by atoms with van der Waals surface area (Å²) >= 11 is 0. The van der Waals surface area contributed by atoms with Gasteiger partial charge in [0.1, 0.15) is 0 Å². The highest BCUT2D eigenvalue weighted by Crippen LogP contribution is 2.30. The highest BCUT2D eigenvalue weighted by molar-refractivity contribution is 6.39. The first-order valence-corrected chi connectivity index (χ1v) is 9.24. The van der Waals surface area contributed by atoms with Crippen LogP contribution in [0.4, 0.5) is 0 Å². The van der Waals surface area contributed by atoms with Crippen LogP contribution in [-0.4, -0.2) is 40.8 Å². The molecule has 1 aliphatic carbocycles. The summed E-state index contributed by atoms with van der Waals surface area (Å²) in [7, 11) is 0. The SMILES string of the molecule is O=C1C(=C/C=C(/c2ccccc2)N2CCC[C@H]2CO)C(=O)c2ccccc21. The van der Waals surface area contributed by atoms with Gasteiger partial charge < -0.3 is 10.0 Å². The first-order chi connectivity index (χ1) is 13.2. The lowest BCUT2D eigenvalue weighted by Gasteiger charge is -2.28. The van der Waals surface area contributed by atoms with E-state index in [2.05, 4.69) is 4.90 Å². The summed E-state index contributed by atoms with van der Waals surface area (Å²) in [4.78, 5) is 27.4. The predicted octanol–water partition coefficient (Wildman–Crippen LogP) is 3.49. The summed E-state index contributed by atoms with van der Waals surface area (Å²) in [5, 5.41) is 9.72. The maximum atomic E-state index is 12.6. The van der Waals surface area contributed by atoms with E-state index in [1.54, 1.807) is 30.3 Å². The number of aliphatic hydroxyl groups is 1. The molecule has 136 valence electrons. The quantitative estimate of drug-likeness (QED) is 0.671. The number of likely N-dealkylation sites (tertiary alicyclic amines) is 1. The van der Waals surface area contributed by atoms with E-state index in [-0.39, 0.29) is 29.8 Å². The number of fused-ring (bicyclic) bond motifs is 1. The van der Waals surface area contributed by atoms with Crippen molar-refractivity contribution in [2.24, 2.45) is 0 Å². The Balaban J connectivity index is 1.75. The standard InChI is InChI=1S/C23H21NO3/c25-15-17-9-6-14-24(17)21(16-7-2-1-3-8-16)13-12-20-22(26)18-10-4-5-11-19(18)23(20)27/h1-5,7-8,10-13,17,25H,6,9,14-15H2/b21-13-/t17-/m0/s1. The third-order valence-corrected chi connectivity index (χ3v) is 5.28. The molecule has 0 unspecified atom stereocenters. The Hall–Kier alpha value is -2.98. The van der Waals surface area contributed by atoms with Crippen LogP contribution >= 0.6 is 0 Å². The number of ketones is 2. The van der Waals surface area contributed by atoms with Crippen molar-refractivity contribution >= 4 is 17.3 Å².